The van der Waals surface area contributed by atoms with Gasteiger partial charge in [-0.2, -0.15) is 0 Å². The van der Waals surface area contributed by atoms with E-state index in [9.17, 15) is 0 Å². The predicted octanol–water partition coefficient (Wildman–Crippen LogP) is 0.169. The maximum absolute atomic E-state index is 8.13. The SMILES string of the molecule is NCCS(O)(O)O. The highest BCUT2D eigenvalue weighted by Crippen LogP contribution is 2.30. The van der Waals surface area contributed by atoms with Crippen LogP contribution < -0.4 is 5.73 Å². The van der Waals surface area contributed by atoms with E-state index in [0.29, 0.717) is 0 Å². The molecule has 0 saturated heterocycles. The van der Waals surface area contributed by atoms with Crippen molar-refractivity contribution in [2.45, 2.75) is 0 Å². The van der Waals surface area contributed by atoms with Gasteiger partial charge in [-0.25, -0.2) is 0 Å². The van der Waals surface area contributed by atoms with E-state index in [1.54, 1.807) is 0 Å². The van der Waals surface area contributed by atoms with Gasteiger partial charge in [0, 0.05) is 6.54 Å². The normalized spacial score (nSPS) is 14.3. The van der Waals surface area contributed by atoms with Crippen LogP contribution in [0.15, 0.2) is 0 Å². The van der Waals surface area contributed by atoms with Crippen molar-refractivity contribution in [3.63, 3.8) is 0 Å². The smallest absolute Gasteiger partial charge is 0.0822 e. The highest BCUT2D eigenvalue weighted by atomic mass is 32.3. The molecule has 5 heteroatoms. The lowest BCUT2D eigenvalue weighted by molar-refractivity contribution is 0.376. The fourth-order valence-corrected chi connectivity index (χ4v) is 0.474. The topological polar surface area (TPSA) is 86.7 Å². The Hall–Kier alpha value is 0.190. The summed E-state index contributed by atoms with van der Waals surface area (Å²) in [5.74, 6) is -0.132. The molecule has 0 aromatic rings. The molecule has 0 aromatic carbocycles. The molecule has 0 aliphatic carbocycles. The number of nitrogens with two attached hydrogens (primary N) is 1. The van der Waals surface area contributed by atoms with Crippen molar-refractivity contribution >= 4 is 10.9 Å². The van der Waals surface area contributed by atoms with Crippen LogP contribution >= 0.6 is 10.9 Å². The summed E-state index contributed by atoms with van der Waals surface area (Å²) in [5, 5.41) is 0. The lowest BCUT2D eigenvalue weighted by atomic mass is 10.8. The van der Waals surface area contributed by atoms with Gasteiger partial charge in [0.15, 0.2) is 0 Å². The minimum absolute atomic E-state index is 0.0961. The minimum atomic E-state index is -3.30. The molecule has 0 aliphatic heterocycles. The Kier molecular flexibility index (Phi) is 2.55. The van der Waals surface area contributed by atoms with Gasteiger partial charge in [0.2, 0.25) is 0 Å². The fourth-order valence-electron chi connectivity index (χ4n) is 0.158. The van der Waals surface area contributed by atoms with Gasteiger partial charge in [-0.05, 0) is 0 Å². The van der Waals surface area contributed by atoms with E-state index in [1.165, 1.54) is 0 Å². The molecule has 5 N–H and O–H groups in total. The third-order valence-electron chi connectivity index (χ3n) is 0.392. The molecule has 0 bridgehead atoms. The molecule has 7 heavy (non-hydrogen) atoms. The Morgan fingerprint density at radius 2 is 1.71 bits per heavy atom. The van der Waals surface area contributed by atoms with Crippen LogP contribution in [-0.2, 0) is 0 Å². The Bertz CT molecular complexity index is 51.4. The molecule has 0 rings (SSSR count). The largest absolute Gasteiger partial charge is 0.329 e. The van der Waals surface area contributed by atoms with Gasteiger partial charge < -0.3 is 19.4 Å². The monoisotopic (exact) mass is 127 g/mol. The van der Waals surface area contributed by atoms with Crippen molar-refractivity contribution in [2.24, 2.45) is 5.73 Å². The zero-order valence-electron chi connectivity index (χ0n) is 3.74. The predicted molar refractivity (Wildman–Crippen MR) is 29.4 cm³/mol. The standard InChI is InChI=1S/C2H9NO3S/c3-1-2-7(4,5)6/h4-6H,1-3H2. The van der Waals surface area contributed by atoms with E-state index >= 15 is 0 Å². The van der Waals surface area contributed by atoms with Crippen molar-refractivity contribution in [2.75, 3.05) is 12.3 Å². The van der Waals surface area contributed by atoms with E-state index in [4.69, 9.17) is 19.4 Å². The summed E-state index contributed by atoms with van der Waals surface area (Å²) in [7, 11) is -3.30. The molecule has 0 amide bonds. The fraction of sp³-hybridized carbons (Fsp3) is 1.00. The molecule has 4 nitrogen and oxygen atoms in total. The quantitative estimate of drug-likeness (QED) is 0.426. The summed E-state index contributed by atoms with van der Waals surface area (Å²) in [4.78, 5) is 0. The van der Waals surface area contributed by atoms with Gasteiger partial charge in [0.05, 0.1) is 16.6 Å². The summed E-state index contributed by atoms with van der Waals surface area (Å²) in [6, 6.07) is 0. The van der Waals surface area contributed by atoms with Gasteiger partial charge >= 0.3 is 0 Å². The summed E-state index contributed by atoms with van der Waals surface area (Å²) < 4.78 is 24.4. The second-order valence-electron chi connectivity index (χ2n) is 1.13. The lowest BCUT2D eigenvalue weighted by Gasteiger charge is -2.16. The summed E-state index contributed by atoms with van der Waals surface area (Å²) in [6.07, 6.45) is 0. The van der Waals surface area contributed by atoms with Crippen LogP contribution in [-0.4, -0.2) is 26.0 Å². The molecule has 0 aliphatic rings. The zero-order valence-corrected chi connectivity index (χ0v) is 4.56. The first-order valence-electron chi connectivity index (χ1n) is 1.74. The first kappa shape index (κ1) is 7.19. The molecule has 0 aromatic heterocycles. The van der Waals surface area contributed by atoms with Crippen LogP contribution in [0.3, 0.4) is 0 Å². The van der Waals surface area contributed by atoms with Crippen LogP contribution in [0.25, 0.3) is 0 Å². The molecular formula is C2H9NO3S. The summed E-state index contributed by atoms with van der Waals surface area (Å²) >= 11 is 0. The van der Waals surface area contributed by atoms with Crippen molar-refractivity contribution in [3.8, 4) is 0 Å². The molecule has 0 spiro atoms. The van der Waals surface area contributed by atoms with Crippen molar-refractivity contribution in [1.29, 1.82) is 0 Å². The second-order valence-corrected chi connectivity index (χ2v) is 2.80. The van der Waals surface area contributed by atoms with Crippen molar-refractivity contribution in [3.05, 3.63) is 0 Å². The lowest BCUT2D eigenvalue weighted by Crippen LogP contribution is -2.11. The Labute approximate surface area is 43.5 Å². The average Bonchev–Trinajstić information content (AvgIpc) is 1.30. The maximum Gasteiger partial charge on any atom is 0.0822 e. The summed E-state index contributed by atoms with van der Waals surface area (Å²) in [6.45, 7) is 0.0961. The molecule has 0 heterocycles. The van der Waals surface area contributed by atoms with Gasteiger partial charge in [-0.3, -0.25) is 0 Å². The van der Waals surface area contributed by atoms with Crippen LogP contribution in [0.1, 0.15) is 0 Å². The Balaban J connectivity index is 3.15. The zero-order chi connectivity index (χ0) is 5.91. The van der Waals surface area contributed by atoms with Gasteiger partial charge in [-0.1, -0.05) is 0 Å². The second kappa shape index (κ2) is 2.49. The third-order valence-corrected chi connectivity index (χ3v) is 1.18. The molecule has 0 saturated carbocycles. The van der Waals surface area contributed by atoms with Crippen molar-refractivity contribution in [1.82, 2.24) is 0 Å². The van der Waals surface area contributed by atoms with Crippen molar-refractivity contribution < 1.29 is 13.7 Å². The average molecular weight is 127 g/mol. The van der Waals surface area contributed by atoms with Crippen LogP contribution in [0.2, 0.25) is 0 Å². The minimum Gasteiger partial charge on any atom is -0.329 e. The van der Waals surface area contributed by atoms with E-state index in [-0.39, 0.29) is 12.3 Å². The Morgan fingerprint density at radius 1 is 1.29 bits per heavy atom. The molecule has 0 unspecified atom stereocenters. The molecular weight excluding hydrogens is 118 g/mol. The molecule has 46 valence electrons. The van der Waals surface area contributed by atoms with E-state index in [0.717, 1.165) is 0 Å². The highest BCUT2D eigenvalue weighted by molar-refractivity contribution is 8.19. The molecule has 0 atom stereocenters. The Morgan fingerprint density at radius 3 is 1.71 bits per heavy atom. The number of hydrogen-bond acceptors (Lipinski definition) is 4. The van der Waals surface area contributed by atoms with Gasteiger partial charge in [-0.15, -0.1) is 0 Å². The van der Waals surface area contributed by atoms with E-state index in [2.05, 4.69) is 0 Å². The van der Waals surface area contributed by atoms with Gasteiger partial charge in [0.1, 0.15) is 0 Å². The first-order chi connectivity index (χ1) is 3.06. The van der Waals surface area contributed by atoms with Crippen LogP contribution in [0.4, 0.5) is 0 Å². The van der Waals surface area contributed by atoms with E-state index < -0.39 is 10.9 Å². The van der Waals surface area contributed by atoms with Crippen LogP contribution in [0, 0.1) is 0 Å². The molecule has 0 radical (unpaired) electrons. The first-order valence-corrected chi connectivity index (χ1v) is 3.42. The van der Waals surface area contributed by atoms with Gasteiger partial charge in [0.25, 0.3) is 0 Å². The number of rotatable bonds is 2. The maximum atomic E-state index is 8.13. The third kappa shape index (κ3) is 6.19. The highest BCUT2D eigenvalue weighted by Gasteiger charge is 2.07. The summed E-state index contributed by atoms with van der Waals surface area (Å²) in [5.41, 5.74) is 4.86. The van der Waals surface area contributed by atoms with E-state index in [1.807, 2.05) is 0 Å². The molecule has 0 fully saturated rings. The van der Waals surface area contributed by atoms with Crippen LogP contribution in [0.5, 0.6) is 0 Å². The number of hydrogen-bond donors (Lipinski definition) is 4.